The molecule has 0 saturated heterocycles. The molecule has 168 valence electrons. The minimum absolute atomic E-state index is 0.175. The lowest BCUT2D eigenvalue weighted by Gasteiger charge is -2.06. The molecule has 0 saturated carbocycles. The maximum atomic E-state index is 12.2. The largest absolute Gasteiger partial charge is 0.423 e. The van der Waals surface area contributed by atoms with E-state index in [0.29, 0.717) is 21.3 Å². The van der Waals surface area contributed by atoms with Crippen molar-refractivity contribution in [3.8, 4) is 5.75 Å². The predicted molar refractivity (Wildman–Crippen MR) is 129 cm³/mol. The molecule has 2 amide bonds. The lowest BCUT2D eigenvalue weighted by molar-refractivity contribution is -0.136. The minimum atomic E-state index is -0.984. The summed E-state index contributed by atoms with van der Waals surface area (Å²) in [7, 11) is 0. The molecule has 7 nitrogen and oxygen atoms in total. The van der Waals surface area contributed by atoms with E-state index in [9.17, 15) is 14.4 Å². The lowest BCUT2D eigenvalue weighted by atomic mass is 10.2. The van der Waals surface area contributed by atoms with Gasteiger partial charge in [0.25, 0.3) is 0 Å². The fraction of sp³-hybridized carbons (Fsp3) is 0. The van der Waals surface area contributed by atoms with Gasteiger partial charge in [-0.15, -0.1) is 0 Å². The first-order valence-electron chi connectivity index (χ1n) is 9.09. The van der Waals surface area contributed by atoms with Gasteiger partial charge in [0.05, 0.1) is 26.8 Å². The van der Waals surface area contributed by atoms with Crippen molar-refractivity contribution in [2.45, 2.75) is 0 Å². The van der Waals surface area contributed by atoms with Gasteiger partial charge in [0.1, 0.15) is 5.75 Å². The third-order valence-electron chi connectivity index (χ3n) is 4.01. The van der Waals surface area contributed by atoms with Crippen LogP contribution in [0.25, 0.3) is 0 Å². The van der Waals surface area contributed by atoms with Crippen LogP contribution in [0.3, 0.4) is 0 Å². The summed E-state index contributed by atoms with van der Waals surface area (Å²) in [6, 6.07) is 15.1. The molecule has 0 radical (unpaired) electrons. The summed E-state index contributed by atoms with van der Waals surface area (Å²) in [6.07, 6.45) is 1.31. The standard InChI is InChI=1S/C22H13Cl4N3O4/c23-13-3-7-16(18(25)9-13)22(32)33-15-5-1-12(2-6-15)11-27-29-21(31)20(30)28-14-4-8-17(24)19(26)10-14/h1-11H,(H,28,30)(H,29,31). The van der Waals surface area contributed by atoms with E-state index in [2.05, 4.69) is 15.8 Å². The number of benzene rings is 3. The first kappa shape index (κ1) is 24.5. The van der Waals surface area contributed by atoms with Crippen molar-refractivity contribution in [1.29, 1.82) is 0 Å². The molecule has 11 heteroatoms. The molecule has 3 aromatic rings. The molecule has 0 atom stereocenters. The van der Waals surface area contributed by atoms with Crippen LogP contribution in [0, 0.1) is 0 Å². The van der Waals surface area contributed by atoms with Crippen molar-refractivity contribution >= 4 is 76.1 Å². The molecule has 0 fully saturated rings. The van der Waals surface area contributed by atoms with Gasteiger partial charge in [-0.3, -0.25) is 9.59 Å². The van der Waals surface area contributed by atoms with Gasteiger partial charge in [0.2, 0.25) is 0 Å². The van der Waals surface area contributed by atoms with Crippen LogP contribution in [0.2, 0.25) is 20.1 Å². The number of nitrogens with one attached hydrogen (secondary N) is 2. The molecular formula is C22H13Cl4N3O4. The number of anilines is 1. The van der Waals surface area contributed by atoms with Crippen molar-refractivity contribution in [1.82, 2.24) is 5.43 Å². The quantitative estimate of drug-likeness (QED) is 0.149. The molecule has 0 aromatic heterocycles. The van der Waals surface area contributed by atoms with Crippen molar-refractivity contribution < 1.29 is 19.1 Å². The Kier molecular flexibility index (Phi) is 8.30. The molecule has 3 rings (SSSR count). The highest BCUT2D eigenvalue weighted by atomic mass is 35.5. The van der Waals surface area contributed by atoms with Crippen molar-refractivity contribution in [2.75, 3.05) is 5.32 Å². The van der Waals surface area contributed by atoms with Crippen LogP contribution in [0.1, 0.15) is 15.9 Å². The normalized spacial score (nSPS) is 10.7. The van der Waals surface area contributed by atoms with Crippen LogP contribution in [0.5, 0.6) is 5.75 Å². The maximum absolute atomic E-state index is 12.2. The number of hydrogen-bond acceptors (Lipinski definition) is 5. The molecule has 0 aliphatic heterocycles. The van der Waals surface area contributed by atoms with Crippen molar-refractivity contribution in [3.63, 3.8) is 0 Å². The summed E-state index contributed by atoms with van der Waals surface area (Å²) in [5, 5.41) is 7.23. The Balaban J connectivity index is 1.53. The zero-order valence-electron chi connectivity index (χ0n) is 16.4. The molecule has 0 aliphatic carbocycles. The highest BCUT2D eigenvalue weighted by Gasteiger charge is 2.14. The number of esters is 1. The zero-order chi connectivity index (χ0) is 24.0. The highest BCUT2D eigenvalue weighted by Crippen LogP contribution is 2.25. The Hall–Kier alpha value is -3.10. The third-order valence-corrected chi connectivity index (χ3v) is 5.29. The Labute approximate surface area is 208 Å². The van der Waals surface area contributed by atoms with Gasteiger partial charge >= 0.3 is 17.8 Å². The van der Waals surface area contributed by atoms with Gasteiger partial charge < -0.3 is 10.1 Å². The average Bonchev–Trinajstić information content (AvgIpc) is 2.77. The van der Waals surface area contributed by atoms with Crippen molar-refractivity contribution in [3.05, 3.63) is 91.9 Å². The van der Waals surface area contributed by atoms with Crippen LogP contribution in [-0.2, 0) is 9.59 Å². The van der Waals surface area contributed by atoms with Crippen LogP contribution >= 0.6 is 46.4 Å². The minimum Gasteiger partial charge on any atom is -0.423 e. The summed E-state index contributed by atoms with van der Waals surface area (Å²) >= 11 is 23.5. The average molecular weight is 525 g/mol. The Morgan fingerprint density at radius 2 is 1.52 bits per heavy atom. The molecule has 0 heterocycles. The number of hydrazone groups is 1. The van der Waals surface area contributed by atoms with Crippen LogP contribution < -0.4 is 15.5 Å². The summed E-state index contributed by atoms with van der Waals surface area (Å²) in [5.41, 5.74) is 3.16. The molecule has 3 aromatic carbocycles. The molecule has 0 spiro atoms. The van der Waals surface area contributed by atoms with Gasteiger partial charge in [0.15, 0.2) is 0 Å². The Morgan fingerprint density at radius 3 is 2.18 bits per heavy atom. The first-order valence-corrected chi connectivity index (χ1v) is 10.6. The third kappa shape index (κ3) is 6.94. The second-order valence-electron chi connectivity index (χ2n) is 6.36. The van der Waals surface area contributed by atoms with Crippen LogP contribution in [0.15, 0.2) is 65.8 Å². The number of halogens is 4. The number of rotatable bonds is 5. The van der Waals surface area contributed by atoms with Gasteiger partial charge in [-0.25, -0.2) is 10.2 Å². The van der Waals surface area contributed by atoms with E-state index < -0.39 is 17.8 Å². The number of nitrogens with zero attached hydrogens (tertiary/aromatic N) is 1. The topological polar surface area (TPSA) is 96.9 Å². The number of amides is 2. The van der Waals surface area contributed by atoms with Crippen LogP contribution in [0.4, 0.5) is 5.69 Å². The molecule has 0 bridgehead atoms. The van der Waals surface area contributed by atoms with E-state index in [1.54, 1.807) is 12.1 Å². The van der Waals surface area contributed by atoms with Gasteiger partial charge in [-0.2, -0.15) is 5.10 Å². The SMILES string of the molecule is O=C(NN=Cc1ccc(OC(=O)c2ccc(Cl)cc2Cl)cc1)C(=O)Nc1ccc(Cl)c(Cl)c1. The molecule has 0 aliphatic rings. The van der Waals surface area contributed by atoms with E-state index in [1.165, 1.54) is 54.7 Å². The van der Waals surface area contributed by atoms with E-state index in [0.717, 1.165) is 0 Å². The predicted octanol–water partition coefficient (Wildman–Crippen LogP) is 5.61. The fourth-order valence-electron chi connectivity index (χ4n) is 2.42. The number of ether oxygens (including phenoxy) is 1. The van der Waals surface area contributed by atoms with Gasteiger partial charge in [-0.05, 0) is 66.2 Å². The zero-order valence-corrected chi connectivity index (χ0v) is 19.5. The van der Waals surface area contributed by atoms with E-state index in [1.807, 2.05) is 0 Å². The Bertz CT molecular complexity index is 1250. The second kappa shape index (κ2) is 11.2. The number of carbonyl (C=O) groups excluding carboxylic acids is 3. The van der Waals surface area contributed by atoms with Gasteiger partial charge in [-0.1, -0.05) is 46.4 Å². The second-order valence-corrected chi connectivity index (χ2v) is 8.02. The number of carbonyl (C=O) groups is 3. The molecule has 33 heavy (non-hydrogen) atoms. The highest BCUT2D eigenvalue weighted by molar-refractivity contribution is 6.43. The summed E-state index contributed by atoms with van der Waals surface area (Å²) < 4.78 is 5.27. The van der Waals surface area contributed by atoms with Crippen LogP contribution in [-0.4, -0.2) is 24.0 Å². The summed E-state index contributed by atoms with van der Waals surface area (Å²) in [4.78, 5) is 36.0. The summed E-state index contributed by atoms with van der Waals surface area (Å²) in [6.45, 7) is 0. The van der Waals surface area contributed by atoms with Gasteiger partial charge in [0, 0.05) is 10.7 Å². The maximum Gasteiger partial charge on any atom is 0.345 e. The van der Waals surface area contributed by atoms with E-state index >= 15 is 0 Å². The summed E-state index contributed by atoms with van der Waals surface area (Å²) in [5.74, 6) is -2.29. The fourth-order valence-corrected chi connectivity index (χ4v) is 3.20. The van der Waals surface area contributed by atoms with E-state index in [-0.39, 0.29) is 21.4 Å². The Morgan fingerprint density at radius 1 is 0.788 bits per heavy atom. The lowest BCUT2D eigenvalue weighted by Crippen LogP contribution is -2.32. The molecule has 0 unspecified atom stereocenters. The smallest absolute Gasteiger partial charge is 0.345 e. The number of hydrogen-bond donors (Lipinski definition) is 2. The van der Waals surface area contributed by atoms with Crippen molar-refractivity contribution in [2.24, 2.45) is 5.10 Å². The van der Waals surface area contributed by atoms with E-state index in [4.69, 9.17) is 51.1 Å². The monoisotopic (exact) mass is 523 g/mol. The molecular weight excluding hydrogens is 512 g/mol. The molecule has 2 N–H and O–H groups in total. The first-order chi connectivity index (χ1) is 15.7.